The zero-order valence-electron chi connectivity index (χ0n) is 15.9. The Labute approximate surface area is 155 Å². The minimum Gasteiger partial charge on any atom is -0.322 e. The number of benzene rings is 2. The topological polar surface area (TPSA) is 75.3 Å². The lowest BCUT2D eigenvalue weighted by Gasteiger charge is -2.14. The Morgan fingerprint density at radius 1 is 1.08 bits per heavy atom. The van der Waals surface area contributed by atoms with Crippen molar-refractivity contribution in [2.75, 3.05) is 5.32 Å². The van der Waals surface area contributed by atoms with Crippen LogP contribution in [-0.4, -0.2) is 20.4 Å². The molecular weight excluding hydrogens is 348 g/mol. The molecule has 6 heteroatoms. The molecule has 2 aromatic rings. The minimum absolute atomic E-state index is 0.0859. The zero-order valence-corrected chi connectivity index (χ0v) is 16.7. The van der Waals surface area contributed by atoms with Gasteiger partial charge in [-0.3, -0.25) is 4.79 Å². The number of hydrogen-bond donors (Lipinski definition) is 2. The third-order valence-electron chi connectivity index (χ3n) is 4.29. The predicted molar refractivity (Wildman–Crippen MR) is 105 cm³/mol. The van der Waals surface area contributed by atoms with E-state index in [0.717, 1.165) is 22.4 Å². The first-order valence-electron chi connectivity index (χ1n) is 8.65. The van der Waals surface area contributed by atoms with E-state index in [1.54, 1.807) is 19.1 Å². The van der Waals surface area contributed by atoms with Crippen LogP contribution >= 0.6 is 0 Å². The summed E-state index contributed by atoms with van der Waals surface area (Å²) in [5, 5.41) is 2.90. The molecule has 2 rings (SSSR count). The molecule has 1 unspecified atom stereocenters. The second-order valence-electron chi connectivity index (χ2n) is 6.69. The molecule has 1 amide bonds. The lowest BCUT2D eigenvalue weighted by Crippen LogP contribution is -2.32. The summed E-state index contributed by atoms with van der Waals surface area (Å²) >= 11 is 0. The van der Waals surface area contributed by atoms with Crippen molar-refractivity contribution in [3.63, 3.8) is 0 Å². The largest absolute Gasteiger partial charge is 0.322 e. The van der Waals surface area contributed by atoms with Crippen molar-refractivity contribution in [1.29, 1.82) is 0 Å². The summed E-state index contributed by atoms with van der Waals surface area (Å²) < 4.78 is 27.5. The molecule has 0 aromatic heterocycles. The molecule has 0 heterocycles. The monoisotopic (exact) mass is 374 g/mol. The maximum Gasteiger partial charge on any atom is 0.255 e. The first kappa shape index (κ1) is 20.1. The van der Waals surface area contributed by atoms with Crippen molar-refractivity contribution in [1.82, 2.24) is 4.72 Å². The lowest BCUT2D eigenvalue weighted by atomic mass is 10.0. The molecule has 0 aliphatic heterocycles. The van der Waals surface area contributed by atoms with Crippen LogP contribution in [0.2, 0.25) is 0 Å². The van der Waals surface area contributed by atoms with Crippen molar-refractivity contribution in [2.24, 2.45) is 0 Å². The summed E-state index contributed by atoms with van der Waals surface area (Å²) in [6.45, 7) is 9.59. The highest BCUT2D eigenvalue weighted by molar-refractivity contribution is 7.89. The average Bonchev–Trinajstić information content (AvgIpc) is 2.57. The van der Waals surface area contributed by atoms with Gasteiger partial charge in [0.05, 0.1) is 4.90 Å². The van der Waals surface area contributed by atoms with Gasteiger partial charge >= 0.3 is 0 Å². The maximum atomic E-state index is 12.6. The van der Waals surface area contributed by atoms with Gasteiger partial charge in [0.25, 0.3) is 5.91 Å². The number of carbonyl (C=O) groups excluding carboxylic acids is 1. The van der Waals surface area contributed by atoms with Gasteiger partial charge in [0.15, 0.2) is 0 Å². The zero-order chi connectivity index (χ0) is 19.5. The molecule has 0 radical (unpaired) electrons. The fourth-order valence-electron chi connectivity index (χ4n) is 2.78. The normalized spacial score (nSPS) is 12.7. The molecule has 0 fully saturated rings. The van der Waals surface area contributed by atoms with Crippen LogP contribution in [0.3, 0.4) is 0 Å². The molecule has 0 saturated carbocycles. The van der Waals surface area contributed by atoms with Crippen molar-refractivity contribution < 1.29 is 13.2 Å². The van der Waals surface area contributed by atoms with Crippen molar-refractivity contribution in [2.45, 2.75) is 52.0 Å². The number of sulfonamides is 1. The van der Waals surface area contributed by atoms with Gasteiger partial charge in [0.1, 0.15) is 0 Å². The van der Waals surface area contributed by atoms with Crippen molar-refractivity contribution in [3.05, 3.63) is 58.7 Å². The number of hydrogen-bond acceptors (Lipinski definition) is 3. The molecular formula is C20H26N2O3S. The van der Waals surface area contributed by atoms with E-state index in [1.165, 1.54) is 12.1 Å². The number of aryl methyl sites for hydroxylation is 3. The second kappa shape index (κ2) is 8.01. The Morgan fingerprint density at radius 2 is 1.69 bits per heavy atom. The Hall–Kier alpha value is -2.18. The highest BCUT2D eigenvalue weighted by Crippen LogP contribution is 2.23. The molecule has 0 saturated heterocycles. The van der Waals surface area contributed by atoms with Gasteiger partial charge in [-0.15, -0.1) is 0 Å². The van der Waals surface area contributed by atoms with Gasteiger partial charge < -0.3 is 5.32 Å². The van der Waals surface area contributed by atoms with E-state index in [4.69, 9.17) is 0 Å². The van der Waals surface area contributed by atoms with Gasteiger partial charge in [-0.25, -0.2) is 13.1 Å². The van der Waals surface area contributed by atoms with E-state index in [1.807, 2.05) is 39.8 Å². The Morgan fingerprint density at radius 3 is 2.27 bits per heavy atom. The van der Waals surface area contributed by atoms with Gasteiger partial charge in [-0.2, -0.15) is 0 Å². The third kappa shape index (κ3) is 4.71. The van der Waals surface area contributed by atoms with Crippen LogP contribution in [0.1, 0.15) is 47.3 Å². The minimum atomic E-state index is -3.65. The highest BCUT2D eigenvalue weighted by atomic mass is 32.2. The molecule has 26 heavy (non-hydrogen) atoms. The maximum absolute atomic E-state index is 12.6. The molecule has 0 aliphatic carbocycles. The summed E-state index contributed by atoms with van der Waals surface area (Å²) in [5.74, 6) is -0.333. The summed E-state index contributed by atoms with van der Waals surface area (Å²) in [5.41, 5.74) is 4.13. The van der Waals surface area contributed by atoms with Crippen molar-refractivity contribution >= 4 is 21.6 Å². The molecule has 2 aromatic carbocycles. The number of anilines is 1. The SMILES string of the molecule is CCC(C)NS(=O)(=O)c1cccc(C(=O)Nc2c(C)cc(C)cc2C)c1. The standard InChI is InChI=1S/C20H26N2O3S/c1-6-16(5)22-26(24,25)18-9-7-8-17(12-18)20(23)21-19-14(3)10-13(2)11-15(19)4/h7-12,16,22H,6H2,1-5H3,(H,21,23). The number of nitrogens with one attached hydrogen (secondary N) is 2. The summed E-state index contributed by atoms with van der Waals surface area (Å²) in [6.07, 6.45) is 0.686. The molecule has 1 atom stereocenters. The van der Waals surface area contributed by atoms with Gasteiger partial charge in [0.2, 0.25) is 10.0 Å². The van der Waals surface area contributed by atoms with Crippen LogP contribution in [0.15, 0.2) is 41.3 Å². The van der Waals surface area contributed by atoms with Crippen molar-refractivity contribution in [3.8, 4) is 0 Å². The second-order valence-corrected chi connectivity index (χ2v) is 8.40. The van der Waals surface area contributed by atoms with Gasteiger partial charge in [-0.05, 0) is 63.4 Å². The summed E-state index contributed by atoms with van der Waals surface area (Å²) in [7, 11) is -3.65. The number of carbonyl (C=O) groups is 1. The Kier molecular flexibility index (Phi) is 6.21. The molecule has 140 valence electrons. The number of amides is 1. The smallest absolute Gasteiger partial charge is 0.255 e. The molecule has 2 N–H and O–H groups in total. The van der Waals surface area contributed by atoms with Gasteiger partial charge in [-0.1, -0.05) is 30.7 Å². The molecule has 0 spiro atoms. The third-order valence-corrected chi connectivity index (χ3v) is 5.88. The molecule has 0 bridgehead atoms. The number of rotatable bonds is 6. The van der Waals surface area contributed by atoms with E-state index < -0.39 is 10.0 Å². The van der Waals surface area contributed by atoms with E-state index in [0.29, 0.717) is 12.0 Å². The molecule has 0 aliphatic rings. The van der Waals surface area contributed by atoms with Crippen LogP contribution < -0.4 is 10.0 Å². The van der Waals surface area contributed by atoms with E-state index in [2.05, 4.69) is 10.0 Å². The van der Waals surface area contributed by atoms with E-state index >= 15 is 0 Å². The van der Waals surface area contributed by atoms with E-state index in [-0.39, 0.29) is 16.8 Å². The fourth-order valence-corrected chi connectivity index (χ4v) is 4.16. The van der Waals surface area contributed by atoms with Crippen LogP contribution in [-0.2, 0) is 10.0 Å². The van der Waals surface area contributed by atoms with E-state index in [9.17, 15) is 13.2 Å². The fraction of sp³-hybridized carbons (Fsp3) is 0.350. The Balaban J connectivity index is 2.29. The Bertz CT molecular complexity index is 897. The first-order chi connectivity index (χ1) is 12.1. The van der Waals surface area contributed by atoms with Gasteiger partial charge in [0, 0.05) is 17.3 Å². The first-order valence-corrected chi connectivity index (χ1v) is 10.1. The van der Waals surface area contributed by atoms with Crippen LogP contribution in [0.5, 0.6) is 0 Å². The lowest BCUT2D eigenvalue weighted by molar-refractivity contribution is 0.102. The summed E-state index contributed by atoms with van der Waals surface area (Å²) in [4.78, 5) is 12.7. The van der Waals surface area contributed by atoms with Crippen LogP contribution in [0.4, 0.5) is 5.69 Å². The highest BCUT2D eigenvalue weighted by Gasteiger charge is 2.18. The van der Waals surface area contributed by atoms with Crippen LogP contribution in [0, 0.1) is 20.8 Å². The average molecular weight is 375 g/mol. The summed E-state index contributed by atoms with van der Waals surface area (Å²) in [6, 6.07) is 9.91. The quantitative estimate of drug-likeness (QED) is 0.804. The van der Waals surface area contributed by atoms with Crippen LogP contribution in [0.25, 0.3) is 0 Å². The predicted octanol–water partition coefficient (Wildman–Crippen LogP) is 3.94. The molecule has 5 nitrogen and oxygen atoms in total.